The van der Waals surface area contributed by atoms with E-state index in [1.54, 1.807) is 6.08 Å². The van der Waals surface area contributed by atoms with E-state index >= 15 is 0 Å². The Hall–Kier alpha value is -1.59. The Morgan fingerprint density at radius 3 is 2.59 bits per heavy atom. The first kappa shape index (κ1) is 11.9. The highest BCUT2D eigenvalue weighted by molar-refractivity contribution is 8.18. The van der Waals surface area contributed by atoms with Crippen LogP contribution in [0.3, 0.4) is 0 Å². The van der Waals surface area contributed by atoms with E-state index in [1.165, 1.54) is 4.90 Å². The Labute approximate surface area is 103 Å². The summed E-state index contributed by atoms with van der Waals surface area (Å²) in [7, 11) is 0. The quantitative estimate of drug-likeness (QED) is 0.827. The molecule has 0 radical (unpaired) electrons. The molecule has 1 heterocycles. The van der Waals surface area contributed by atoms with E-state index in [1.807, 2.05) is 30.3 Å². The molecule has 0 saturated carbocycles. The molecule has 17 heavy (non-hydrogen) atoms. The van der Waals surface area contributed by atoms with Crippen molar-refractivity contribution < 1.29 is 9.59 Å². The van der Waals surface area contributed by atoms with Gasteiger partial charge in [0.05, 0.1) is 4.91 Å². The summed E-state index contributed by atoms with van der Waals surface area (Å²) in [5.74, 6) is -0.255. The molecule has 2 amide bonds. The molecule has 1 fully saturated rings. The minimum absolute atomic E-state index is 0.248. The highest BCUT2D eigenvalue weighted by Crippen LogP contribution is 2.31. The van der Waals surface area contributed by atoms with Crippen molar-refractivity contribution in [3.05, 3.63) is 40.8 Å². The third-order valence-electron chi connectivity index (χ3n) is 2.32. The van der Waals surface area contributed by atoms with Crippen molar-refractivity contribution >= 4 is 29.0 Å². The van der Waals surface area contributed by atoms with Gasteiger partial charge in [-0.2, -0.15) is 0 Å². The SMILES string of the molecule is NCCN1C(=O)S/C(=C\c2ccccc2)C1=O. The maximum absolute atomic E-state index is 11.9. The molecule has 5 heteroatoms. The van der Waals surface area contributed by atoms with E-state index in [4.69, 9.17) is 5.73 Å². The number of amides is 2. The number of carbonyl (C=O) groups is 2. The fourth-order valence-corrected chi connectivity index (χ4v) is 2.39. The number of hydrogen-bond acceptors (Lipinski definition) is 4. The fourth-order valence-electron chi connectivity index (χ4n) is 1.52. The van der Waals surface area contributed by atoms with Crippen LogP contribution in [-0.2, 0) is 4.79 Å². The van der Waals surface area contributed by atoms with Crippen LogP contribution >= 0.6 is 11.8 Å². The molecule has 0 spiro atoms. The average Bonchev–Trinajstić information content (AvgIpc) is 2.59. The van der Waals surface area contributed by atoms with Gasteiger partial charge in [0.15, 0.2) is 0 Å². The van der Waals surface area contributed by atoms with Crippen molar-refractivity contribution in [1.29, 1.82) is 0 Å². The summed E-state index contributed by atoms with van der Waals surface area (Å²) in [6, 6.07) is 9.44. The Kier molecular flexibility index (Phi) is 3.61. The van der Waals surface area contributed by atoms with Crippen molar-refractivity contribution in [2.24, 2.45) is 5.73 Å². The van der Waals surface area contributed by atoms with Crippen LogP contribution in [-0.4, -0.2) is 29.1 Å². The Morgan fingerprint density at radius 1 is 1.24 bits per heavy atom. The zero-order valence-corrected chi connectivity index (χ0v) is 9.94. The second-order valence-electron chi connectivity index (χ2n) is 3.53. The molecule has 1 saturated heterocycles. The number of hydrogen-bond donors (Lipinski definition) is 1. The molecular weight excluding hydrogens is 236 g/mol. The third-order valence-corrected chi connectivity index (χ3v) is 3.23. The van der Waals surface area contributed by atoms with Gasteiger partial charge >= 0.3 is 0 Å². The van der Waals surface area contributed by atoms with Crippen LogP contribution in [0.15, 0.2) is 35.2 Å². The average molecular weight is 248 g/mol. The lowest BCUT2D eigenvalue weighted by Gasteiger charge is -2.09. The van der Waals surface area contributed by atoms with Gasteiger partial charge in [-0.15, -0.1) is 0 Å². The number of thioether (sulfide) groups is 1. The predicted molar refractivity (Wildman–Crippen MR) is 68.2 cm³/mol. The summed E-state index contributed by atoms with van der Waals surface area (Å²) in [6.45, 7) is 0.563. The summed E-state index contributed by atoms with van der Waals surface area (Å²) in [4.78, 5) is 25.1. The minimum Gasteiger partial charge on any atom is -0.329 e. The zero-order valence-electron chi connectivity index (χ0n) is 9.13. The Morgan fingerprint density at radius 2 is 1.94 bits per heavy atom. The maximum Gasteiger partial charge on any atom is 0.293 e. The number of imide groups is 1. The lowest BCUT2D eigenvalue weighted by Crippen LogP contribution is -2.33. The smallest absolute Gasteiger partial charge is 0.293 e. The maximum atomic E-state index is 11.9. The lowest BCUT2D eigenvalue weighted by atomic mass is 10.2. The van der Waals surface area contributed by atoms with Gasteiger partial charge in [0.2, 0.25) is 0 Å². The zero-order chi connectivity index (χ0) is 12.3. The number of benzene rings is 1. The third kappa shape index (κ3) is 2.57. The van der Waals surface area contributed by atoms with Crippen LogP contribution in [0.25, 0.3) is 6.08 Å². The summed E-state index contributed by atoms with van der Waals surface area (Å²) in [6.07, 6.45) is 1.72. The van der Waals surface area contributed by atoms with Crippen molar-refractivity contribution in [3.8, 4) is 0 Å². The molecule has 1 aromatic carbocycles. The standard InChI is InChI=1S/C12H12N2O2S/c13-6-7-14-11(15)10(17-12(14)16)8-9-4-2-1-3-5-9/h1-5,8H,6-7,13H2/b10-8-. The molecule has 1 aliphatic heterocycles. The fraction of sp³-hybridized carbons (Fsp3) is 0.167. The largest absolute Gasteiger partial charge is 0.329 e. The van der Waals surface area contributed by atoms with Gasteiger partial charge in [-0.05, 0) is 23.4 Å². The first-order valence-corrected chi connectivity index (χ1v) is 6.04. The molecule has 0 unspecified atom stereocenters. The van der Waals surface area contributed by atoms with E-state index in [0.29, 0.717) is 4.91 Å². The predicted octanol–water partition coefficient (Wildman–Crippen LogP) is 1.68. The Balaban J connectivity index is 2.22. The minimum atomic E-state index is -0.255. The van der Waals surface area contributed by atoms with Crippen molar-refractivity contribution in [1.82, 2.24) is 4.90 Å². The Bertz CT molecular complexity index is 471. The molecule has 0 aliphatic carbocycles. The van der Waals surface area contributed by atoms with Crippen molar-refractivity contribution in [3.63, 3.8) is 0 Å². The van der Waals surface area contributed by atoms with E-state index in [9.17, 15) is 9.59 Å². The molecule has 0 atom stereocenters. The first-order valence-electron chi connectivity index (χ1n) is 5.23. The van der Waals surface area contributed by atoms with Gasteiger partial charge in [0, 0.05) is 13.1 Å². The normalized spacial score (nSPS) is 18.2. The van der Waals surface area contributed by atoms with Crippen LogP contribution in [0.5, 0.6) is 0 Å². The van der Waals surface area contributed by atoms with E-state index < -0.39 is 0 Å². The molecule has 1 aromatic rings. The topological polar surface area (TPSA) is 63.4 Å². The molecule has 4 nitrogen and oxygen atoms in total. The summed E-state index contributed by atoms with van der Waals surface area (Å²) in [5.41, 5.74) is 6.26. The van der Waals surface area contributed by atoms with Crippen LogP contribution < -0.4 is 5.73 Å². The highest BCUT2D eigenvalue weighted by atomic mass is 32.2. The van der Waals surface area contributed by atoms with Gasteiger partial charge in [-0.25, -0.2) is 0 Å². The highest BCUT2D eigenvalue weighted by Gasteiger charge is 2.34. The number of nitrogens with two attached hydrogens (primary N) is 1. The molecule has 88 valence electrons. The summed E-state index contributed by atoms with van der Waals surface area (Å²) in [5, 5.41) is -0.248. The number of rotatable bonds is 3. The monoisotopic (exact) mass is 248 g/mol. The van der Waals surface area contributed by atoms with E-state index in [0.717, 1.165) is 17.3 Å². The van der Waals surface area contributed by atoms with Gasteiger partial charge in [-0.1, -0.05) is 30.3 Å². The number of nitrogens with zero attached hydrogens (tertiary/aromatic N) is 1. The number of carbonyl (C=O) groups excluding carboxylic acids is 2. The molecule has 0 aromatic heterocycles. The molecule has 0 bridgehead atoms. The van der Waals surface area contributed by atoms with Crippen LogP contribution in [0.2, 0.25) is 0 Å². The van der Waals surface area contributed by atoms with Gasteiger partial charge in [0.25, 0.3) is 11.1 Å². The second kappa shape index (κ2) is 5.16. The van der Waals surface area contributed by atoms with Gasteiger partial charge in [0.1, 0.15) is 0 Å². The van der Waals surface area contributed by atoms with Crippen LogP contribution in [0.4, 0.5) is 4.79 Å². The summed E-state index contributed by atoms with van der Waals surface area (Å²) >= 11 is 0.960. The lowest BCUT2D eigenvalue weighted by molar-refractivity contribution is -0.122. The van der Waals surface area contributed by atoms with Crippen LogP contribution in [0, 0.1) is 0 Å². The van der Waals surface area contributed by atoms with E-state index in [2.05, 4.69) is 0 Å². The van der Waals surface area contributed by atoms with Crippen molar-refractivity contribution in [2.75, 3.05) is 13.1 Å². The van der Waals surface area contributed by atoms with Gasteiger partial charge < -0.3 is 5.73 Å². The molecule has 2 rings (SSSR count). The molecule has 2 N–H and O–H groups in total. The first-order chi connectivity index (χ1) is 8.22. The molecule has 1 aliphatic rings. The summed E-state index contributed by atoms with van der Waals surface area (Å²) < 4.78 is 0. The van der Waals surface area contributed by atoms with Gasteiger partial charge in [-0.3, -0.25) is 14.5 Å². The van der Waals surface area contributed by atoms with Crippen LogP contribution in [0.1, 0.15) is 5.56 Å². The van der Waals surface area contributed by atoms with E-state index in [-0.39, 0.29) is 24.2 Å². The second-order valence-corrected chi connectivity index (χ2v) is 4.53. The molecular formula is C12H12N2O2S. The van der Waals surface area contributed by atoms with Crippen molar-refractivity contribution in [2.45, 2.75) is 0 Å².